The van der Waals surface area contributed by atoms with Gasteiger partial charge in [0, 0.05) is 36.4 Å². The van der Waals surface area contributed by atoms with Crippen LogP contribution >= 0.6 is 0 Å². The molecule has 0 aliphatic carbocycles. The predicted molar refractivity (Wildman–Crippen MR) is 108 cm³/mol. The molecule has 0 saturated heterocycles. The summed E-state index contributed by atoms with van der Waals surface area (Å²) in [6, 6.07) is 10.1. The minimum absolute atomic E-state index is 0.0546. The Balaban J connectivity index is 1.72. The number of methoxy groups -OCH3 is 3. The number of ketones is 2. The van der Waals surface area contributed by atoms with Gasteiger partial charge in [0.2, 0.25) is 0 Å². The highest BCUT2D eigenvalue weighted by Crippen LogP contribution is 2.29. The van der Waals surface area contributed by atoms with Crippen LogP contribution in [0.15, 0.2) is 48.8 Å². The van der Waals surface area contributed by atoms with Gasteiger partial charge in [0.25, 0.3) is 0 Å². The fourth-order valence-corrected chi connectivity index (χ4v) is 2.95. The Morgan fingerprint density at radius 3 is 2.21 bits per heavy atom. The predicted octanol–water partition coefficient (Wildman–Crippen LogP) is 3.95. The third-order valence-corrected chi connectivity index (χ3v) is 4.52. The van der Waals surface area contributed by atoms with Crippen molar-refractivity contribution in [3.8, 4) is 28.5 Å². The first-order valence-electron chi connectivity index (χ1n) is 9.04. The van der Waals surface area contributed by atoms with E-state index >= 15 is 0 Å². The van der Waals surface area contributed by atoms with Crippen LogP contribution in [0.2, 0.25) is 0 Å². The lowest BCUT2D eigenvalue weighted by atomic mass is 10.0. The van der Waals surface area contributed by atoms with E-state index < -0.39 is 0 Å². The summed E-state index contributed by atoms with van der Waals surface area (Å²) in [6.07, 6.45) is 3.67. The summed E-state index contributed by atoms with van der Waals surface area (Å²) < 4.78 is 15.7. The Bertz CT molecular complexity index is 1010. The van der Waals surface area contributed by atoms with Gasteiger partial charge in [-0.2, -0.15) is 0 Å². The molecule has 0 radical (unpaired) electrons. The molecular weight excluding hydrogens is 372 g/mol. The van der Waals surface area contributed by atoms with Gasteiger partial charge in [0.15, 0.2) is 23.1 Å². The van der Waals surface area contributed by atoms with Crippen molar-refractivity contribution in [2.75, 3.05) is 21.3 Å². The number of nitrogens with zero attached hydrogens (tertiary/aromatic N) is 1. The molecule has 3 aromatic rings. The SMILES string of the molecule is COc1ccc(C(=O)CCC(=O)c2ccc(OC)c(-c3cc[nH]c3)n2)cc1OC. The Labute approximate surface area is 168 Å². The highest BCUT2D eigenvalue weighted by Gasteiger charge is 2.17. The van der Waals surface area contributed by atoms with Gasteiger partial charge in [-0.3, -0.25) is 9.59 Å². The lowest BCUT2D eigenvalue weighted by Gasteiger charge is -2.10. The van der Waals surface area contributed by atoms with Crippen molar-refractivity contribution in [2.24, 2.45) is 0 Å². The molecule has 0 bridgehead atoms. The fraction of sp³-hybridized carbons (Fsp3) is 0.227. The minimum atomic E-state index is -0.210. The molecule has 7 nitrogen and oxygen atoms in total. The molecule has 0 aliphatic rings. The zero-order chi connectivity index (χ0) is 20.8. The van der Waals surface area contributed by atoms with Gasteiger partial charge in [0.1, 0.15) is 17.1 Å². The van der Waals surface area contributed by atoms with Gasteiger partial charge >= 0.3 is 0 Å². The van der Waals surface area contributed by atoms with Crippen molar-refractivity contribution in [1.29, 1.82) is 0 Å². The highest BCUT2D eigenvalue weighted by molar-refractivity contribution is 6.02. The fourth-order valence-electron chi connectivity index (χ4n) is 2.95. The summed E-state index contributed by atoms with van der Waals surface area (Å²) in [6.45, 7) is 0. The average Bonchev–Trinajstić information content (AvgIpc) is 3.31. The maximum absolute atomic E-state index is 12.6. The number of pyridine rings is 1. The van der Waals surface area contributed by atoms with Gasteiger partial charge in [-0.05, 0) is 36.4 Å². The maximum Gasteiger partial charge on any atom is 0.181 e. The average molecular weight is 394 g/mol. The Morgan fingerprint density at radius 2 is 1.55 bits per heavy atom. The van der Waals surface area contributed by atoms with Crippen LogP contribution in [-0.2, 0) is 0 Å². The normalized spacial score (nSPS) is 10.4. The van der Waals surface area contributed by atoms with E-state index in [4.69, 9.17) is 14.2 Å². The smallest absolute Gasteiger partial charge is 0.181 e. The van der Waals surface area contributed by atoms with Crippen molar-refractivity contribution in [1.82, 2.24) is 9.97 Å². The van der Waals surface area contributed by atoms with Crippen LogP contribution in [0.3, 0.4) is 0 Å². The Kier molecular flexibility index (Phi) is 6.29. The van der Waals surface area contributed by atoms with E-state index in [2.05, 4.69) is 9.97 Å². The van der Waals surface area contributed by atoms with Gasteiger partial charge in [-0.15, -0.1) is 0 Å². The number of aromatic amines is 1. The number of ether oxygens (including phenoxy) is 3. The molecule has 29 heavy (non-hydrogen) atoms. The van der Waals surface area contributed by atoms with Crippen LogP contribution in [0.25, 0.3) is 11.3 Å². The molecule has 7 heteroatoms. The summed E-state index contributed by atoms with van der Waals surface area (Å²) in [7, 11) is 4.59. The molecule has 0 spiro atoms. The van der Waals surface area contributed by atoms with Crippen molar-refractivity contribution in [3.63, 3.8) is 0 Å². The van der Waals surface area contributed by atoms with Crippen molar-refractivity contribution >= 4 is 11.6 Å². The van der Waals surface area contributed by atoms with Crippen LogP contribution < -0.4 is 14.2 Å². The van der Waals surface area contributed by atoms with Gasteiger partial charge in [0.05, 0.1) is 21.3 Å². The number of hydrogen-bond donors (Lipinski definition) is 1. The summed E-state index contributed by atoms with van der Waals surface area (Å²) in [5, 5.41) is 0. The lowest BCUT2D eigenvalue weighted by molar-refractivity contribution is 0.0915. The first-order valence-corrected chi connectivity index (χ1v) is 9.04. The number of benzene rings is 1. The number of Topliss-reactive ketones (excluding diaryl/α,β-unsaturated/α-hetero) is 2. The quantitative estimate of drug-likeness (QED) is 0.553. The second-order valence-electron chi connectivity index (χ2n) is 6.26. The van der Waals surface area contributed by atoms with E-state index in [0.29, 0.717) is 34.2 Å². The van der Waals surface area contributed by atoms with Gasteiger partial charge < -0.3 is 19.2 Å². The monoisotopic (exact) mass is 394 g/mol. The van der Waals surface area contributed by atoms with Gasteiger partial charge in [-0.25, -0.2) is 4.98 Å². The highest BCUT2D eigenvalue weighted by atomic mass is 16.5. The Hall–Kier alpha value is -3.61. The molecular formula is C22H22N2O5. The number of H-pyrrole nitrogens is 1. The van der Waals surface area contributed by atoms with Crippen LogP contribution in [0.4, 0.5) is 0 Å². The number of carbonyl (C=O) groups is 2. The number of rotatable bonds is 9. The zero-order valence-corrected chi connectivity index (χ0v) is 16.5. The van der Waals surface area contributed by atoms with E-state index in [9.17, 15) is 9.59 Å². The van der Waals surface area contributed by atoms with E-state index in [1.165, 1.54) is 14.2 Å². The van der Waals surface area contributed by atoms with E-state index in [0.717, 1.165) is 5.56 Å². The van der Waals surface area contributed by atoms with Crippen molar-refractivity contribution in [3.05, 3.63) is 60.0 Å². The molecule has 1 N–H and O–H groups in total. The number of carbonyl (C=O) groups excluding carboxylic acids is 2. The second kappa shape index (κ2) is 9.05. The molecule has 0 unspecified atom stereocenters. The molecule has 3 rings (SSSR count). The summed E-state index contributed by atoms with van der Waals surface area (Å²) in [4.78, 5) is 32.5. The number of hydrogen-bond acceptors (Lipinski definition) is 6. The van der Waals surface area contributed by atoms with E-state index in [-0.39, 0.29) is 24.4 Å². The summed E-state index contributed by atoms with van der Waals surface area (Å²) >= 11 is 0. The van der Waals surface area contributed by atoms with E-state index in [1.807, 2.05) is 6.07 Å². The molecule has 2 aromatic heterocycles. The summed E-state index contributed by atoms with van der Waals surface area (Å²) in [5.74, 6) is 1.22. The first-order chi connectivity index (χ1) is 14.1. The van der Waals surface area contributed by atoms with Gasteiger partial charge in [-0.1, -0.05) is 0 Å². The molecule has 150 valence electrons. The summed E-state index contributed by atoms with van der Waals surface area (Å²) in [5.41, 5.74) is 2.15. The van der Waals surface area contributed by atoms with Crippen molar-refractivity contribution in [2.45, 2.75) is 12.8 Å². The number of nitrogens with one attached hydrogen (secondary N) is 1. The van der Waals surface area contributed by atoms with Crippen LogP contribution in [-0.4, -0.2) is 42.9 Å². The molecule has 0 fully saturated rings. The van der Waals surface area contributed by atoms with Crippen molar-refractivity contribution < 1.29 is 23.8 Å². The standard InChI is InChI=1S/C22H22N2O5/c1-27-19-8-4-14(12-21(19)29-3)17(25)6-7-18(26)16-5-9-20(28-2)22(24-16)15-10-11-23-13-15/h4-5,8-13,23H,6-7H2,1-3H3. The van der Waals surface area contributed by atoms with Crippen LogP contribution in [0, 0.1) is 0 Å². The molecule has 0 atom stereocenters. The topological polar surface area (TPSA) is 90.5 Å². The maximum atomic E-state index is 12.6. The minimum Gasteiger partial charge on any atom is -0.494 e. The van der Waals surface area contributed by atoms with E-state index in [1.54, 1.807) is 49.8 Å². The third kappa shape index (κ3) is 4.45. The third-order valence-electron chi connectivity index (χ3n) is 4.52. The number of aromatic nitrogens is 2. The molecule has 1 aromatic carbocycles. The molecule has 0 amide bonds. The lowest BCUT2D eigenvalue weighted by Crippen LogP contribution is -2.08. The van der Waals surface area contributed by atoms with Crippen LogP contribution in [0.5, 0.6) is 17.2 Å². The molecule has 0 saturated carbocycles. The first kappa shape index (κ1) is 20.1. The molecule has 2 heterocycles. The molecule has 0 aliphatic heterocycles. The zero-order valence-electron chi connectivity index (χ0n) is 16.5. The Morgan fingerprint density at radius 1 is 0.862 bits per heavy atom. The largest absolute Gasteiger partial charge is 0.494 e. The second-order valence-corrected chi connectivity index (χ2v) is 6.26. The van der Waals surface area contributed by atoms with Crippen LogP contribution in [0.1, 0.15) is 33.7 Å².